The number of nitrogens with zero attached hydrogens (tertiary/aromatic N) is 3. The van der Waals surface area contributed by atoms with E-state index in [4.69, 9.17) is 4.74 Å². The second-order valence-corrected chi connectivity index (χ2v) is 3.85. The van der Waals surface area contributed by atoms with Crippen LogP contribution in [0.4, 0.5) is 5.69 Å². The summed E-state index contributed by atoms with van der Waals surface area (Å²) in [4.78, 5) is 8.58. The van der Waals surface area contributed by atoms with Gasteiger partial charge in [0.1, 0.15) is 11.4 Å². The highest BCUT2D eigenvalue weighted by atomic mass is 16.5. The molecule has 0 aliphatic carbocycles. The van der Waals surface area contributed by atoms with E-state index in [9.17, 15) is 0 Å². The number of imidazole rings is 1. The van der Waals surface area contributed by atoms with Crippen molar-refractivity contribution in [3.8, 4) is 5.75 Å². The highest BCUT2D eigenvalue weighted by Gasteiger charge is 2.03. The van der Waals surface area contributed by atoms with Gasteiger partial charge in [-0.25, -0.2) is 4.98 Å². The molecule has 0 amide bonds. The number of para-hydroxylation sites is 1. The topological polar surface area (TPSA) is 39.4 Å². The number of ether oxygens (including phenoxy) is 1. The van der Waals surface area contributed by atoms with Gasteiger partial charge in [-0.15, -0.1) is 0 Å². The number of aromatic nitrogens is 2. The van der Waals surface area contributed by atoms with Gasteiger partial charge in [-0.2, -0.15) is 0 Å². The summed E-state index contributed by atoms with van der Waals surface area (Å²) >= 11 is 0. The Bertz CT molecular complexity index is 543. The minimum atomic E-state index is 0.805. The molecule has 17 heavy (non-hydrogen) atoms. The molecule has 0 atom stereocenters. The van der Waals surface area contributed by atoms with Crippen LogP contribution in [0.1, 0.15) is 11.3 Å². The van der Waals surface area contributed by atoms with Gasteiger partial charge in [-0.3, -0.25) is 4.99 Å². The minimum Gasteiger partial charge on any atom is -0.494 e. The van der Waals surface area contributed by atoms with Crippen molar-refractivity contribution in [2.75, 3.05) is 7.11 Å². The zero-order chi connectivity index (χ0) is 12.3. The summed E-state index contributed by atoms with van der Waals surface area (Å²) in [6.45, 7) is 2.00. The molecule has 0 aliphatic heterocycles. The minimum absolute atomic E-state index is 0.805. The first-order chi connectivity index (χ1) is 8.20. The van der Waals surface area contributed by atoms with Crippen molar-refractivity contribution in [2.24, 2.45) is 12.0 Å². The monoisotopic (exact) mass is 229 g/mol. The molecule has 1 aromatic heterocycles. The molecule has 0 fully saturated rings. The maximum Gasteiger partial charge on any atom is 0.147 e. The van der Waals surface area contributed by atoms with Crippen LogP contribution in [-0.4, -0.2) is 22.9 Å². The van der Waals surface area contributed by atoms with Gasteiger partial charge in [0, 0.05) is 13.2 Å². The van der Waals surface area contributed by atoms with Gasteiger partial charge in [0.25, 0.3) is 0 Å². The maximum absolute atomic E-state index is 5.33. The van der Waals surface area contributed by atoms with Crippen molar-refractivity contribution in [2.45, 2.75) is 6.92 Å². The molecule has 4 heteroatoms. The van der Waals surface area contributed by atoms with Gasteiger partial charge >= 0.3 is 0 Å². The molecular weight excluding hydrogens is 214 g/mol. The molecule has 0 radical (unpaired) electrons. The highest BCUT2D eigenvalue weighted by molar-refractivity contribution is 5.80. The average Bonchev–Trinajstić information content (AvgIpc) is 2.72. The number of benzene rings is 1. The number of aliphatic imine (C=N–C) groups is 1. The van der Waals surface area contributed by atoms with E-state index >= 15 is 0 Å². The first-order valence-corrected chi connectivity index (χ1v) is 5.36. The van der Waals surface area contributed by atoms with Gasteiger partial charge in [0.2, 0.25) is 0 Å². The molecule has 0 aliphatic rings. The Balaban J connectivity index is 2.29. The van der Waals surface area contributed by atoms with Gasteiger partial charge in [-0.05, 0) is 18.6 Å². The molecule has 88 valence electrons. The molecule has 0 unspecified atom stereocenters. The lowest BCUT2D eigenvalue weighted by molar-refractivity contribution is 0.413. The summed E-state index contributed by atoms with van der Waals surface area (Å²) in [5.41, 5.74) is 2.72. The van der Waals surface area contributed by atoms with E-state index in [2.05, 4.69) is 9.98 Å². The molecule has 0 saturated carbocycles. The number of methoxy groups -OCH3 is 1. The van der Waals surface area contributed by atoms with E-state index in [0.717, 1.165) is 22.7 Å². The largest absolute Gasteiger partial charge is 0.494 e. The molecule has 0 spiro atoms. The van der Waals surface area contributed by atoms with Crippen molar-refractivity contribution in [1.29, 1.82) is 0 Å². The lowest BCUT2D eigenvalue weighted by Gasteiger charge is -2.06. The standard InChI is InChI=1S/C13H15N3O/c1-10-5-4-6-12(13(10)17-3)14-7-11-8-16(2)9-15-11/h4-9H,1-3H3/b14-7+. The van der Waals surface area contributed by atoms with E-state index in [1.807, 2.05) is 42.9 Å². The predicted octanol–water partition coefficient (Wildman–Crippen LogP) is 2.49. The molecular formula is C13H15N3O. The number of aryl methyl sites for hydroxylation is 2. The third kappa shape index (κ3) is 2.53. The van der Waals surface area contributed by atoms with Gasteiger partial charge < -0.3 is 9.30 Å². The first-order valence-electron chi connectivity index (χ1n) is 5.36. The van der Waals surface area contributed by atoms with Crippen molar-refractivity contribution in [3.63, 3.8) is 0 Å². The molecule has 2 aromatic rings. The Hall–Kier alpha value is -2.10. The summed E-state index contributed by atoms with van der Waals surface area (Å²) in [5, 5.41) is 0. The zero-order valence-electron chi connectivity index (χ0n) is 10.2. The van der Waals surface area contributed by atoms with Crippen molar-refractivity contribution < 1.29 is 4.74 Å². The molecule has 2 rings (SSSR count). The van der Waals surface area contributed by atoms with Crippen LogP contribution in [0.15, 0.2) is 35.7 Å². The van der Waals surface area contributed by atoms with Crippen LogP contribution in [-0.2, 0) is 7.05 Å². The van der Waals surface area contributed by atoms with E-state index in [1.165, 1.54) is 0 Å². The maximum atomic E-state index is 5.33. The van der Waals surface area contributed by atoms with E-state index in [0.29, 0.717) is 0 Å². The lowest BCUT2D eigenvalue weighted by atomic mass is 10.2. The highest BCUT2D eigenvalue weighted by Crippen LogP contribution is 2.30. The van der Waals surface area contributed by atoms with Crippen LogP contribution in [0.5, 0.6) is 5.75 Å². The third-order valence-corrected chi connectivity index (χ3v) is 2.46. The van der Waals surface area contributed by atoms with Crippen LogP contribution in [0, 0.1) is 6.92 Å². The van der Waals surface area contributed by atoms with Crippen LogP contribution >= 0.6 is 0 Å². The number of hydrogen-bond acceptors (Lipinski definition) is 3. The van der Waals surface area contributed by atoms with Crippen molar-refractivity contribution in [3.05, 3.63) is 42.0 Å². The Morgan fingerprint density at radius 3 is 2.88 bits per heavy atom. The Morgan fingerprint density at radius 2 is 2.24 bits per heavy atom. The molecule has 0 saturated heterocycles. The fraction of sp³-hybridized carbons (Fsp3) is 0.231. The fourth-order valence-corrected chi connectivity index (χ4v) is 1.64. The Labute approximate surface area is 101 Å². The third-order valence-electron chi connectivity index (χ3n) is 2.46. The van der Waals surface area contributed by atoms with Crippen molar-refractivity contribution >= 4 is 11.9 Å². The lowest BCUT2D eigenvalue weighted by Crippen LogP contribution is -1.88. The average molecular weight is 229 g/mol. The van der Waals surface area contributed by atoms with E-state index < -0.39 is 0 Å². The normalized spacial score (nSPS) is 11.0. The number of rotatable bonds is 3. The smallest absolute Gasteiger partial charge is 0.147 e. The van der Waals surface area contributed by atoms with E-state index in [1.54, 1.807) is 19.7 Å². The molecule has 1 heterocycles. The SMILES string of the molecule is COc1c(C)cccc1/N=C/c1cn(C)cn1. The van der Waals surface area contributed by atoms with Crippen LogP contribution in [0.3, 0.4) is 0 Å². The van der Waals surface area contributed by atoms with E-state index in [-0.39, 0.29) is 0 Å². The molecule has 0 bridgehead atoms. The van der Waals surface area contributed by atoms with Crippen LogP contribution in [0.2, 0.25) is 0 Å². The second kappa shape index (κ2) is 4.82. The summed E-state index contributed by atoms with van der Waals surface area (Å²) in [6.07, 6.45) is 5.39. The number of hydrogen-bond donors (Lipinski definition) is 0. The summed E-state index contributed by atoms with van der Waals surface area (Å²) in [7, 11) is 3.58. The molecule has 0 N–H and O–H groups in total. The Kier molecular flexibility index (Phi) is 3.23. The quantitative estimate of drug-likeness (QED) is 0.758. The van der Waals surface area contributed by atoms with Gasteiger partial charge in [0.05, 0.1) is 25.3 Å². The summed E-state index contributed by atoms with van der Waals surface area (Å²) < 4.78 is 7.21. The van der Waals surface area contributed by atoms with Gasteiger partial charge in [-0.1, -0.05) is 12.1 Å². The second-order valence-electron chi connectivity index (χ2n) is 3.85. The van der Waals surface area contributed by atoms with Crippen molar-refractivity contribution in [1.82, 2.24) is 9.55 Å². The first kappa shape index (κ1) is 11.4. The molecule has 4 nitrogen and oxygen atoms in total. The van der Waals surface area contributed by atoms with Crippen LogP contribution in [0.25, 0.3) is 0 Å². The summed E-state index contributed by atoms with van der Waals surface area (Å²) in [5.74, 6) is 0.805. The summed E-state index contributed by atoms with van der Waals surface area (Å²) in [6, 6.07) is 5.88. The fourth-order valence-electron chi connectivity index (χ4n) is 1.64. The Morgan fingerprint density at radius 1 is 1.41 bits per heavy atom. The molecule has 1 aromatic carbocycles. The van der Waals surface area contributed by atoms with Crippen LogP contribution < -0.4 is 4.74 Å². The predicted molar refractivity (Wildman–Crippen MR) is 68.2 cm³/mol. The van der Waals surface area contributed by atoms with Gasteiger partial charge in [0.15, 0.2) is 0 Å². The zero-order valence-corrected chi connectivity index (χ0v) is 10.2.